The number of benzene rings is 2. The van der Waals surface area contributed by atoms with Crippen LogP contribution in [0.25, 0.3) is 0 Å². The lowest BCUT2D eigenvalue weighted by molar-refractivity contribution is 0.0623. The first-order valence-electron chi connectivity index (χ1n) is 11.3. The molecule has 0 aliphatic carbocycles. The first-order chi connectivity index (χ1) is 14.8. The van der Waals surface area contributed by atoms with Crippen molar-refractivity contribution in [1.29, 1.82) is 0 Å². The lowest BCUT2D eigenvalue weighted by Gasteiger charge is -2.35. The van der Waals surface area contributed by atoms with Gasteiger partial charge in [0.15, 0.2) is 0 Å². The molecule has 2 aromatic carbocycles. The number of carbonyl (C=O) groups is 1. The van der Waals surface area contributed by atoms with Crippen LogP contribution in [-0.4, -0.2) is 48.4 Å². The van der Waals surface area contributed by atoms with Crippen LogP contribution < -0.4 is 4.74 Å². The molecular formula is C26H36ClFN2O2. The molecule has 4 nitrogen and oxygen atoms in total. The zero-order chi connectivity index (χ0) is 22.4. The second-order valence-electron chi connectivity index (χ2n) is 9.29. The second-order valence-corrected chi connectivity index (χ2v) is 9.29. The molecular weight excluding hydrogens is 427 g/mol. The molecule has 3 rings (SSSR count). The summed E-state index contributed by atoms with van der Waals surface area (Å²) in [6, 6.07) is 12.3. The summed E-state index contributed by atoms with van der Waals surface area (Å²) in [6.07, 6.45) is 0.801. The lowest BCUT2D eigenvalue weighted by Crippen LogP contribution is -2.49. The molecule has 1 fully saturated rings. The highest BCUT2D eigenvalue weighted by atomic mass is 35.5. The van der Waals surface area contributed by atoms with Gasteiger partial charge in [-0.15, -0.1) is 12.4 Å². The van der Waals surface area contributed by atoms with Gasteiger partial charge in [0.25, 0.3) is 5.91 Å². The number of hydrogen-bond donors (Lipinski definition) is 0. The quantitative estimate of drug-likeness (QED) is 0.523. The van der Waals surface area contributed by atoms with Crippen LogP contribution in [0.1, 0.15) is 49.2 Å². The summed E-state index contributed by atoms with van der Waals surface area (Å²) in [5.41, 5.74) is 2.22. The molecule has 1 amide bonds. The predicted molar refractivity (Wildman–Crippen MR) is 130 cm³/mol. The fraction of sp³-hybridized carbons (Fsp3) is 0.500. The molecule has 1 aliphatic heterocycles. The van der Waals surface area contributed by atoms with E-state index in [9.17, 15) is 9.18 Å². The van der Waals surface area contributed by atoms with E-state index in [1.165, 1.54) is 6.07 Å². The SMILES string of the molecule is CC(C)Cc1cc(C(=O)N2CCN(CC(C)C)CC2)ccc1OCc1ccccc1F.Cl. The smallest absolute Gasteiger partial charge is 0.253 e. The maximum Gasteiger partial charge on any atom is 0.253 e. The van der Waals surface area contributed by atoms with Gasteiger partial charge in [-0.05, 0) is 48.1 Å². The van der Waals surface area contributed by atoms with E-state index in [2.05, 4.69) is 32.6 Å². The van der Waals surface area contributed by atoms with Crippen LogP contribution in [0.3, 0.4) is 0 Å². The van der Waals surface area contributed by atoms with Gasteiger partial charge in [0, 0.05) is 43.9 Å². The number of halogens is 2. The minimum atomic E-state index is -0.267. The van der Waals surface area contributed by atoms with Gasteiger partial charge < -0.3 is 9.64 Å². The average molecular weight is 463 g/mol. The van der Waals surface area contributed by atoms with Gasteiger partial charge in [-0.25, -0.2) is 4.39 Å². The molecule has 0 saturated carbocycles. The van der Waals surface area contributed by atoms with Gasteiger partial charge in [0.05, 0.1) is 0 Å². The molecule has 1 aliphatic rings. The van der Waals surface area contributed by atoms with Crippen LogP contribution in [0.15, 0.2) is 42.5 Å². The lowest BCUT2D eigenvalue weighted by atomic mass is 9.99. The molecule has 0 N–H and O–H groups in total. The summed E-state index contributed by atoms with van der Waals surface area (Å²) in [4.78, 5) is 17.5. The maximum atomic E-state index is 13.9. The zero-order valence-corrected chi connectivity index (χ0v) is 20.5. The van der Waals surface area contributed by atoms with Crippen molar-refractivity contribution >= 4 is 18.3 Å². The third-order valence-corrected chi connectivity index (χ3v) is 5.56. The second kappa shape index (κ2) is 12.2. The van der Waals surface area contributed by atoms with Crippen molar-refractivity contribution in [3.63, 3.8) is 0 Å². The normalized spacial score (nSPS) is 14.5. The minimum absolute atomic E-state index is 0. The Morgan fingerprint density at radius 3 is 2.28 bits per heavy atom. The Balaban J connectivity index is 0.00000363. The summed E-state index contributed by atoms with van der Waals surface area (Å²) in [7, 11) is 0. The monoisotopic (exact) mass is 462 g/mol. The fourth-order valence-corrected chi connectivity index (χ4v) is 4.06. The average Bonchev–Trinajstić information content (AvgIpc) is 2.73. The molecule has 1 heterocycles. The maximum absolute atomic E-state index is 13.9. The first-order valence-corrected chi connectivity index (χ1v) is 11.3. The van der Waals surface area contributed by atoms with Gasteiger partial charge in [-0.1, -0.05) is 45.9 Å². The fourth-order valence-electron chi connectivity index (χ4n) is 4.06. The van der Waals surface area contributed by atoms with Crippen LogP contribution >= 0.6 is 12.4 Å². The number of carbonyl (C=O) groups excluding carboxylic acids is 1. The van der Waals surface area contributed by atoms with Crippen molar-refractivity contribution in [1.82, 2.24) is 9.80 Å². The standard InChI is InChI=1S/C26H35FN2O2.ClH/c1-19(2)15-23-16-21(26(30)29-13-11-28(12-14-29)17-20(3)4)9-10-25(23)31-18-22-7-5-6-8-24(22)27;/h5-10,16,19-20H,11-15,17-18H2,1-4H3;1H. The molecule has 176 valence electrons. The van der Waals surface area contributed by atoms with E-state index in [0.29, 0.717) is 23.0 Å². The van der Waals surface area contributed by atoms with Crippen LogP contribution in [0, 0.1) is 17.7 Å². The van der Waals surface area contributed by atoms with Gasteiger partial charge in [0.2, 0.25) is 0 Å². The Labute approximate surface area is 198 Å². The Hall–Kier alpha value is -2.11. The van der Waals surface area contributed by atoms with Crippen LogP contribution in [0.2, 0.25) is 0 Å². The molecule has 0 bridgehead atoms. The summed E-state index contributed by atoms with van der Waals surface area (Å²) in [6.45, 7) is 13.4. The summed E-state index contributed by atoms with van der Waals surface area (Å²) < 4.78 is 19.9. The summed E-state index contributed by atoms with van der Waals surface area (Å²) >= 11 is 0. The van der Waals surface area contributed by atoms with E-state index in [1.54, 1.807) is 18.2 Å². The molecule has 0 radical (unpaired) electrons. The van der Waals surface area contributed by atoms with Crippen molar-refractivity contribution in [2.24, 2.45) is 11.8 Å². The van der Waals surface area contributed by atoms with E-state index < -0.39 is 0 Å². The van der Waals surface area contributed by atoms with Crippen molar-refractivity contribution in [3.05, 3.63) is 65.0 Å². The topological polar surface area (TPSA) is 32.8 Å². The number of rotatable bonds is 8. The van der Waals surface area contributed by atoms with E-state index >= 15 is 0 Å². The van der Waals surface area contributed by atoms with Crippen LogP contribution in [0.5, 0.6) is 5.75 Å². The van der Waals surface area contributed by atoms with Crippen molar-refractivity contribution in [2.45, 2.75) is 40.7 Å². The third-order valence-electron chi connectivity index (χ3n) is 5.56. The highest BCUT2D eigenvalue weighted by molar-refractivity contribution is 5.94. The molecule has 0 aromatic heterocycles. The Bertz CT molecular complexity index is 880. The molecule has 0 spiro atoms. The highest BCUT2D eigenvalue weighted by Crippen LogP contribution is 2.26. The molecule has 0 unspecified atom stereocenters. The molecule has 2 aromatic rings. The third kappa shape index (κ3) is 7.21. The van der Waals surface area contributed by atoms with Gasteiger partial charge in [-0.2, -0.15) is 0 Å². The van der Waals surface area contributed by atoms with Crippen molar-refractivity contribution < 1.29 is 13.9 Å². The van der Waals surface area contributed by atoms with Gasteiger partial charge in [-0.3, -0.25) is 9.69 Å². The van der Waals surface area contributed by atoms with Crippen LogP contribution in [-0.2, 0) is 13.0 Å². The van der Waals surface area contributed by atoms with Crippen molar-refractivity contribution in [3.8, 4) is 5.75 Å². The number of amides is 1. The number of piperazine rings is 1. The minimum Gasteiger partial charge on any atom is -0.489 e. The van der Waals surface area contributed by atoms with Gasteiger partial charge in [0.1, 0.15) is 18.2 Å². The Morgan fingerprint density at radius 1 is 0.969 bits per heavy atom. The summed E-state index contributed by atoms with van der Waals surface area (Å²) in [5, 5.41) is 0. The number of nitrogens with zero attached hydrogens (tertiary/aromatic N) is 2. The van der Waals surface area contributed by atoms with Gasteiger partial charge >= 0.3 is 0 Å². The number of hydrogen-bond acceptors (Lipinski definition) is 3. The molecule has 1 saturated heterocycles. The predicted octanol–water partition coefficient (Wildman–Crippen LogP) is 5.44. The first kappa shape index (κ1) is 26.1. The van der Waals surface area contributed by atoms with E-state index in [0.717, 1.165) is 50.5 Å². The Kier molecular flexibility index (Phi) is 9.98. The van der Waals surface area contributed by atoms with E-state index in [1.807, 2.05) is 23.1 Å². The largest absolute Gasteiger partial charge is 0.489 e. The van der Waals surface area contributed by atoms with E-state index in [4.69, 9.17) is 4.74 Å². The Morgan fingerprint density at radius 2 is 1.66 bits per heavy atom. The number of ether oxygens (including phenoxy) is 1. The molecule has 0 atom stereocenters. The zero-order valence-electron chi connectivity index (χ0n) is 19.6. The van der Waals surface area contributed by atoms with Crippen LogP contribution in [0.4, 0.5) is 4.39 Å². The molecule has 6 heteroatoms. The van der Waals surface area contributed by atoms with E-state index in [-0.39, 0.29) is 30.7 Å². The molecule has 32 heavy (non-hydrogen) atoms. The summed E-state index contributed by atoms with van der Waals surface area (Å²) in [5.74, 6) is 1.58. The van der Waals surface area contributed by atoms with Crippen molar-refractivity contribution in [2.75, 3.05) is 32.7 Å². The highest BCUT2D eigenvalue weighted by Gasteiger charge is 2.23.